The molecule has 3 N–H and O–H groups in total. The Labute approximate surface area is 162 Å². The van der Waals surface area contributed by atoms with Crippen molar-refractivity contribution in [2.45, 2.75) is 32.2 Å². The van der Waals surface area contributed by atoms with Gasteiger partial charge in [0.15, 0.2) is 5.96 Å². The van der Waals surface area contributed by atoms with E-state index >= 15 is 0 Å². The third-order valence-corrected chi connectivity index (χ3v) is 4.37. The quantitative estimate of drug-likeness (QED) is 0.513. The summed E-state index contributed by atoms with van der Waals surface area (Å²) in [6.45, 7) is 3.89. The number of hydrogen-bond donors (Lipinski definition) is 3. The highest BCUT2D eigenvalue weighted by atomic mass is 35.5. The number of benzene rings is 1. The molecule has 1 saturated heterocycles. The number of aliphatic imine (C=N–C) groups is 1. The van der Waals surface area contributed by atoms with Crippen molar-refractivity contribution in [3.8, 4) is 11.4 Å². The number of nitrogens with one attached hydrogen (secondary N) is 3. The Kier molecular flexibility index (Phi) is 6.64. The van der Waals surface area contributed by atoms with Crippen LogP contribution in [0.15, 0.2) is 33.8 Å². The first-order valence-electron chi connectivity index (χ1n) is 9.04. The molecule has 8 nitrogen and oxygen atoms in total. The van der Waals surface area contributed by atoms with E-state index in [0.717, 1.165) is 24.5 Å². The Bertz CT molecular complexity index is 779. The predicted octanol–water partition coefficient (Wildman–Crippen LogP) is 1.77. The van der Waals surface area contributed by atoms with Crippen LogP contribution in [0.3, 0.4) is 0 Å². The number of carbonyl (C=O) groups is 1. The molecule has 9 heteroatoms. The molecule has 0 spiro atoms. The molecular weight excluding hydrogens is 368 g/mol. The number of piperidine rings is 1. The molecular formula is C18H23ClN6O2. The first-order valence-corrected chi connectivity index (χ1v) is 9.42. The Hall–Kier alpha value is -2.61. The van der Waals surface area contributed by atoms with Crippen LogP contribution in [0.4, 0.5) is 0 Å². The molecule has 1 aromatic heterocycles. The summed E-state index contributed by atoms with van der Waals surface area (Å²) >= 11 is 5.89. The minimum atomic E-state index is 0.0999. The second kappa shape index (κ2) is 9.36. The Morgan fingerprint density at radius 1 is 1.41 bits per heavy atom. The molecule has 0 radical (unpaired) electrons. The maximum atomic E-state index is 11.3. The van der Waals surface area contributed by atoms with Crippen molar-refractivity contribution in [1.29, 1.82) is 0 Å². The van der Waals surface area contributed by atoms with Gasteiger partial charge in [-0.25, -0.2) is 0 Å². The second-order valence-corrected chi connectivity index (χ2v) is 6.65. The predicted molar refractivity (Wildman–Crippen MR) is 104 cm³/mol. The summed E-state index contributed by atoms with van der Waals surface area (Å²) in [6.07, 6.45) is 1.87. The van der Waals surface area contributed by atoms with Crippen molar-refractivity contribution in [1.82, 2.24) is 26.1 Å². The molecule has 27 heavy (non-hydrogen) atoms. The number of rotatable bonds is 6. The third-order valence-electron chi connectivity index (χ3n) is 4.12. The maximum Gasteiger partial charge on any atom is 0.228 e. The number of amides is 1. The number of guanidine groups is 1. The van der Waals surface area contributed by atoms with Gasteiger partial charge in [0.05, 0.1) is 6.54 Å². The van der Waals surface area contributed by atoms with Crippen molar-refractivity contribution < 1.29 is 9.32 Å². The molecule has 0 bridgehead atoms. The van der Waals surface area contributed by atoms with Gasteiger partial charge in [-0.2, -0.15) is 4.98 Å². The van der Waals surface area contributed by atoms with Gasteiger partial charge in [0.25, 0.3) is 0 Å². The smallest absolute Gasteiger partial charge is 0.228 e. The van der Waals surface area contributed by atoms with E-state index in [1.165, 1.54) is 0 Å². The number of nitrogens with zero attached hydrogens (tertiary/aromatic N) is 3. The van der Waals surface area contributed by atoms with Crippen molar-refractivity contribution in [3.63, 3.8) is 0 Å². The van der Waals surface area contributed by atoms with E-state index in [1.807, 2.05) is 19.1 Å². The van der Waals surface area contributed by atoms with Crippen LogP contribution in [0.5, 0.6) is 0 Å². The molecule has 2 aromatic rings. The highest BCUT2D eigenvalue weighted by Crippen LogP contribution is 2.18. The fourth-order valence-electron chi connectivity index (χ4n) is 2.71. The van der Waals surface area contributed by atoms with E-state index in [1.54, 1.807) is 12.1 Å². The van der Waals surface area contributed by atoms with Gasteiger partial charge in [-0.1, -0.05) is 16.8 Å². The number of carbonyl (C=O) groups excluding carboxylic acids is 1. The van der Waals surface area contributed by atoms with Crippen LogP contribution in [-0.2, 0) is 11.2 Å². The molecule has 2 heterocycles. The summed E-state index contributed by atoms with van der Waals surface area (Å²) < 4.78 is 5.30. The average molecular weight is 391 g/mol. The molecule has 1 aliphatic heterocycles. The summed E-state index contributed by atoms with van der Waals surface area (Å²) in [5.41, 5.74) is 0.854. The number of aromatic nitrogens is 2. The second-order valence-electron chi connectivity index (χ2n) is 6.21. The van der Waals surface area contributed by atoms with E-state index in [4.69, 9.17) is 16.1 Å². The topological polar surface area (TPSA) is 104 Å². The van der Waals surface area contributed by atoms with E-state index in [0.29, 0.717) is 42.7 Å². The van der Waals surface area contributed by atoms with Gasteiger partial charge in [0.1, 0.15) is 0 Å². The molecule has 1 fully saturated rings. The van der Waals surface area contributed by atoms with Crippen LogP contribution < -0.4 is 16.0 Å². The summed E-state index contributed by atoms with van der Waals surface area (Å²) in [7, 11) is 0. The van der Waals surface area contributed by atoms with Crippen LogP contribution in [0.2, 0.25) is 5.02 Å². The molecule has 1 aliphatic rings. The first-order chi connectivity index (χ1) is 13.1. The molecule has 1 amide bonds. The highest BCUT2D eigenvalue weighted by Gasteiger charge is 2.18. The zero-order chi connectivity index (χ0) is 19.1. The Morgan fingerprint density at radius 3 is 2.93 bits per heavy atom. The lowest BCUT2D eigenvalue weighted by molar-refractivity contribution is -0.122. The van der Waals surface area contributed by atoms with Crippen LogP contribution in [0.1, 0.15) is 25.7 Å². The van der Waals surface area contributed by atoms with E-state index in [-0.39, 0.29) is 11.9 Å². The summed E-state index contributed by atoms with van der Waals surface area (Å²) in [4.78, 5) is 20.2. The zero-order valence-electron chi connectivity index (χ0n) is 15.2. The molecule has 3 rings (SSSR count). The lowest BCUT2D eigenvalue weighted by Crippen LogP contribution is -2.51. The third kappa shape index (κ3) is 5.68. The van der Waals surface area contributed by atoms with Crippen molar-refractivity contribution >= 4 is 23.5 Å². The van der Waals surface area contributed by atoms with Crippen LogP contribution in [0.25, 0.3) is 11.4 Å². The van der Waals surface area contributed by atoms with Gasteiger partial charge in [-0.05, 0) is 37.6 Å². The Balaban J connectivity index is 1.54. The largest absolute Gasteiger partial charge is 0.357 e. The highest BCUT2D eigenvalue weighted by molar-refractivity contribution is 6.30. The normalized spacial score (nSPS) is 17.5. The van der Waals surface area contributed by atoms with Gasteiger partial charge >= 0.3 is 0 Å². The first kappa shape index (κ1) is 19.2. The average Bonchev–Trinajstić information content (AvgIpc) is 3.13. The van der Waals surface area contributed by atoms with Crippen LogP contribution in [-0.4, -0.2) is 47.7 Å². The van der Waals surface area contributed by atoms with Crippen LogP contribution >= 0.6 is 11.6 Å². The maximum absolute atomic E-state index is 11.3. The minimum Gasteiger partial charge on any atom is -0.357 e. The van der Waals surface area contributed by atoms with Crippen molar-refractivity contribution in [2.24, 2.45) is 4.99 Å². The van der Waals surface area contributed by atoms with Gasteiger partial charge in [0, 0.05) is 42.6 Å². The number of hydrogen-bond acceptors (Lipinski definition) is 5. The summed E-state index contributed by atoms with van der Waals surface area (Å²) in [5.74, 6) is 1.89. The fourth-order valence-corrected chi connectivity index (χ4v) is 2.83. The number of halogens is 1. The van der Waals surface area contributed by atoms with E-state index in [2.05, 4.69) is 31.1 Å². The van der Waals surface area contributed by atoms with Gasteiger partial charge in [0.2, 0.25) is 17.6 Å². The SMILES string of the molecule is CCNC(=NCCc1nc(-c2ccc(Cl)cc2)no1)NC1CCC(=O)NC1. The molecule has 1 aromatic carbocycles. The van der Waals surface area contributed by atoms with Crippen LogP contribution in [0, 0.1) is 0 Å². The summed E-state index contributed by atoms with van der Waals surface area (Å²) in [6, 6.07) is 7.47. The van der Waals surface area contributed by atoms with Crippen molar-refractivity contribution in [3.05, 3.63) is 35.2 Å². The van der Waals surface area contributed by atoms with Gasteiger partial charge in [-0.3, -0.25) is 9.79 Å². The molecule has 144 valence electrons. The molecule has 0 saturated carbocycles. The molecule has 1 unspecified atom stereocenters. The Morgan fingerprint density at radius 2 is 2.22 bits per heavy atom. The van der Waals surface area contributed by atoms with Gasteiger partial charge in [-0.15, -0.1) is 0 Å². The summed E-state index contributed by atoms with van der Waals surface area (Å²) in [5, 5.41) is 14.1. The molecule has 1 atom stereocenters. The van der Waals surface area contributed by atoms with E-state index in [9.17, 15) is 4.79 Å². The van der Waals surface area contributed by atoms with Crippen molar-refractivity contribution in [2.75, 3.05) is 19.6 Å². The minimum absolute atomic E-state index is 0.0999. The lowest BCUT2D eigenvalue weighted by atomic mass is 10.1. The zero-order valence-corrected chi connectivity index (χ0v) is 15.9. The van der Waals surface area contributed by atoms with Gasteiger partial charge < -0.3 is 20.5 Å². The lowest BCUT2D eigenvalue weighted by Gasteiger charge is -2.25. The fraction of sp³-hybridized carbons (Fsp3) is 0.444. The standard InChI is InChI=1S/C18H23ClN6O2/c1-2-20-18(23-14-7-8-15(26)22-11-14)21-10-9-16-24-17(25-27-16)12-3-5-13(19)6-4-12/h3-6,14H,2,7-11H2,1H3,(H,22,26)(H2,20,21,23). The monoisotopic (exact) mass is 390 g/mol. The molecule has 0 aliphatic carbocycles. The van der Waals surface area contributed by atoms with E-state index < -0.39 is 0 Å².